The van der Waals surface area contributed by atoms with Crippen molar-refractivity contribution in [2.24, 2.45) is 0 Å². The zero-order valence-corrected chi connectivity index (χ0v) is 13.7. The first-order chi connectivity index (χ1) is 11.8. The van der Waals surface area contributed by atoms with Crippen LogP contribution in [0, 0.1) is 0 Å². The van der Waals surface area contributed by atoms with E-state index in [1.54, 1.807) is 0 Å². The molecule has 0 aliphatic heterocycles. The molecule has 1 atom stereocenters. The van der Waals surface area contributed by atoms with Crippen LogP contribution >= 0.6 is 0 Å². The van der Waals surface area contributed by atoms with E-state index in [1.165, 1.54) is 6.07 Å². The monoisotopic (exact) mass is 372 g/mol. The summed E-state index contributed by atoms with van der Waals surface area (Å²) in [7, 11) is 0. The number of nitrogen functional groups attached to an aromatic ring is 1. The van der Waals surface area contributed by atoms with Gasteiger partial charge in [0.25, 0.3) is 11.3 Å². The van der Waals surface area contributed by atoms with Crippen LogP contribution in [0.5, 0.6) is 0 Å². The molecule has 0 fully saturated rings. The molecular weight excluding hydrogens is 357 g/mol. The van der Waals surface area contributed by atoms with Crippen molar-refractivity contribution in [2.75, 3.05) is 10.5 Å². The lowest BCUT2D eigenvalue weighted by Gasteiger charge is -2.21. The number of aromatic nitrogens is 2. The van der Waals surface area contributed by atoms with Gasteiger partial charge < -0.3 is 5.73 Å². The van der Waals surface area contributed by atoms with Gasteiger partial charge in [0, 0.05) is 11.1 Å². The van der Waals surface area contributed by atoms with E-state index < -0.39 is 23.0 Å². The smallest absolute Gasteiger partial charge is 0.382 e. The van der Waals surface area contributed by atoms with Gasteiger partial charge in [0.1, 0.15) is 5.82 Å². The van der Waals surface area contributed by atoms with E-state index >= 15 is 0 Å². The Labute approximate surface area is 144 Å². The van der Waals surface area contributed by atoms with E-state index in [4.69, 9.17) is 10.3 Å². The van der Waals surface area contributed by atoms with Crippen LogP contribution < -0.4 is 10.5 Å². The van der Waals surface area contributed by atoms with Crippen LogP contribution in [0.4, 0.5) is 24.7 Å². The maximum absolute atomic E-state index is 13.0. The van der Waals surface area contributed by atoms with Crippen molar-refractivity contribution in [3.63, 3.8) is 0 Å². The van der Waals surface area contributed by atoms with Gasteiger partial charge >= 0.3 is 6.18 Å². The van der Waals surface area contributed by atoms with Crippen LogP contribution in [0.2, 0.25) is 0 Å². The zero-order chi connectivity index (χ0) is 18.2. The highest BCUT2D eigenvalue weighted by molar-refractivity contribution is 7.80. The molecule has 0 saturated heterocycles. The normalized spacial score (nSPS) is 15.5. The summed E-state index contributed by atoms with van der Waals surface area (Å²) in [5.74, 6) is 0.311. The number of hydrogen-bond donors (Lipinski definition) is 3. The van der Waals surface area contributed by atoms with Crippen molar-refractivity contribution >= 4 is 22.8 Å². The van der Waals surface area contributed by atoms with Gasteiger partial charge in [-0.25, -0.2) is 4.21 Å². The molecule has 2 aromatic rings. The van der Waals surface area contributed by atoms with Gasteiger partial charge in [-0.1, -0.05) is 6.07 Å². The molecule has 4 N–H and O–H groups in total. The second kappa shape index (κ2) is 6.60. The molecular formula is C15H15F3N4O2S. The third-order valence-corrected chi connectivity index (χ3v) is 4.51. The van der Waals surface area contributed by atoms with Crippen molar-refractivity contribution in [3.8, 4) is 11.3 Å². The molecule has 1 heterocycles. The Morgan fingerprint density at radius 2 is 1.84 bits per heavy atom. The van der Waals surface area contributed by atoms with Gasteiger partial charge in [0.05, 0.1) is 16.9 Å². The maximum atomic E-state index is 13.0. The molecule has 1 aliphatic rings. The topological polar surface area (TPSA) is 101 Å². The molecule has 0 amide bonds. The first kappa shape index (κ1) is 17.6. The van der Waals surface area contributed by atoms with Crippen LogP contribution in [-0.4, -0.2) is 19.0 Å². The van der Waals surface area contributed by atoms with Crippen molar-refractivity contribution < 1.29 is 21.9 Å². The second-order valence-corrected chi connectivity index (χ2v) is 6.41. The molecule has 0 saturated carbocycles. The average molecular weight is 372 g/mol. The predicted octanol–water partition coefficient (Wildman–Crippen LogP) is 3.17. The van der Waals surface area contributed by atoms with Gasteiger partial charge in [-0.05, 0) is 43.4 Å². The SMILES string of the molecule is Nc1nnc(-c2ccc(C(F)(F)F)cc2NS(=O)O)c2c1CCCC2. The van der Waals surface area contributed by atoms with E-state index in [2.05, 4.69) is 14.9 Å². The van der Waals surface area contributed by atoms with E-state index in [9.17, 15) is 17.4 Å². The number of anilines is 2. The highest BCUT2D eigenvalue weighted by atomic mass is 32.2. The predicted molar refractivity (Wildman–Crippen MR) is 87.9 cm³/mol. The number of benzene rings is 1. The van der Waals surface area contributed by atoms with E-state index in [0.717, 1.165) is 42.5 Å². The Morgan fingerprint density at radius 3 is 2.48 bits per heavy atom. The fourth-order valence-corrected chi connectivity index (χ4v) is 3.35. The summed E-state index contributed by atoms with van der Waals surface area (Å²) < 4.78 is 61.2. The van der Waals surface area contributed by atoms with Crippen LogP contribution in [-0.2, 0) is 30.3 Å². The molecule has 6 nitrogen and oxygen atoms in total. The molecule has 10 heteroatoms. The van der Waals surface area contributed by atoms with Crippen LogP contribution in [0.3, 0.4) is 0 Å². The van der Waals surface area contributed by atoms with E-state index in [1.807, 2.05) is 0 Å². The fraction of sp³-hybridized carbons (Fsp3) is 0.333. The number of nitrogens with two attached hydrogens (primary N) is 1. The molecule has 1 aromatic carbocycles. The van der Waals surface area contributed by atoms with E-state index in [-0.39, 0.29) is 11.3 Å². The lowest BCUT2D eigenvalue weighted by atomic mass is 9.89. The Bertz CT molecular complexity index is 842. The summed E-state index contributed by atoms with van der Waals surface area (Å²) in [6.45, 7) is 0. The molecule has 0 bridgehead atoms. The van der Waals surface area contributed by atoms with Gasteiger partial charge in [0.15, 0.2) is 0 Å². The van der Waals surface area contributed by atoms with Crippen LogP contribution in [0.1, 0.15) is 29.5 Å². The van der Waals surface area contributed by atoms with Gasteiger partial charge in [-0.3, -0.25) is 9.27 Å². The van der Waals surface area contributed by atoms with Crippen molar-refractivity contribution in [3.05, 3.63) is 34.9 Å². The van der Waals surface area contributed by atoms with Gasteiger partial charge in [0.2, 0.25) is 0 Å². The third-order valence-electron chi connectivity index (χ3n) is 4.12. The first-order valence-electron chi connectivity index (χ1n) is 7.50. The van der Waals surface area contributed by atoms with Crippen molar-refractivity contribution in [1.82, 2.24) is 10.2 Å². The second-order valence-electron chi connectivity index (χ2n) is 5.71. The summed E-state index contributed by atoms with van der Waals surface area (Å²) in [4.78, 5) is 0. The lowest BCUT2D eigenvalue weighted by molar-refractivity contribution is -0.137. The molecule has 1 aromatic heterocycles. The average Bonchev–Trinajstić information content (AvgIpc) is 2.54. The molecule has 1 unspecified atom stereocenters. The standard InChI is InChI=1S/C15H15F3N4O2S/c16-15(17,18)8-5-6-11(12(7-8)22-25(23)24)13-9-3-1-2-4-10(9)14(19)21-20-13/h5-7,22H,1-4H2,(H2,19,21)(H,23,24). The highest BCUT2D eigenvalue weighted by Crippen LogP contribution is 2.38. The summed E-state index contributed by atoms with van der Waals surface area (Å²) in [5, 5.41) is 7.94. The Balaban J connectivity index is 2.18. The van der Waals surface area contributed by atoms with Crippen LogP contribution in [0.15, 0.2) is 18.2 Å². The summed E-state index contributed by atoms with van der Waals surface area (Å²) in [6.07, 6.45) is -1.33. The Hall–Kier alpha value is -2.20. The summed E-state index contributed by atoms with van der Waals surface area (Å²) in [5.41, 5.74) is 7.12. The Morgan fingerprint density at radius 1 is 1.16 bits per heavy atom. The Kier molecular flexibility index (Phi) is 4.65. The summed E-state index contributed by atoms with van der Waals surface area (Å²) >= 11 is -2.53. The van der Waals surface area contributed by atoms with Gasteiger partial charge in [-0.2, -0.15) is 13.2 Å². The first-order valence-corrected chi connectivity index (χ1v) is 8.61. The van der Waals surface area contributed by atoms with Crippen molar-refractivity contribution in [2.45, 2.75) is 31.9 Å². The summed E-state index contributed by atoms with van der Waals surface area (Å²) in [6, 6.07) is 2.93. The number of fused-ring (bicyclic) bond motifs is 1. The number of alkyl halides is 3. The maximum Gasteiger partial charge on any atom is 0.416 e. The minimum atomic E-state index is -4.57. The number of rotatable bonds is 3. The van der Waals surface area contributed by atoms with Crippen LogP contribution in [0.25, 0.3) is 11.3 Å². The highest BCUT2D eigenvalue weighted by Gasteiger charge is 2.32. The number of nitrogens with one attached hydrogen (secondary N) is 1. The molecule has 25 heavy (non-hydrogen) atoms. The number of nitrogens with zero attached hydrogens (tertiary/aromatic N) is 2. The van der Waals surface area contributed by atoms with Crippen molar-refractivity contribution in [1.29, 1.82) is 0 Å². The zero-order valence-electron chi connectivity index (χ0n) is 12.9. The fourth-order valence-electron chi connectivity index (χ4n) is 3.00. The molecule has 134 valence electrons. The number of hydrogen-bond acceptors (Lipinski definition) is 4. The van der Waals surface area contributed by atoms with E-state index in [0.29, 0.717) is 17.9 Å². The molecule has 0 spiro atoms. The third kappa shape index (κ3) is 3.59. The minimum Gasteiger partial charge on any atom is -0.382 e. The molecule has 3 rings (SSSR count). The lowest BCUT2D eigenvalue weighted by Crippen LogP contribution is -2.13. The van der Waals surface area contributed by atoms with Gasteiger partial charge in [-0.15, -0.1) is 10.2 Å². The molecule has 0 radical (unpaired) electrons. The number of halogens is 3. The minimum absolute atomic E-state index is 0.137. The molecule has 1 aliphatic carbocycles. The quantitative estimate of drug-likeness (QED) is 0.719. The largest absolute Gasteiger partial charge is 0.416 e.